The van der Waals surface area contributed by atoms with E-state index in [1.165, 1.54) is 19.2 Å². The van der Waals surface area contributed by atoms with Crippen LogP contribution in [-0.2, 0) is 0 Å². The second kappa shape index (κ2) is 9.81. The zero-order chi connectivity index (χ0) is 20.5. The molecule has 0 atom stereocenters. The van der Waals surface area contributed by atoms with Gasteiger partial charge in [0, 0.05) is 11.1 Å². The minimum Gasteiger partial charge on any atom is -0.493 e. The summed E-state index contributed by atoms with van der Waals surface area (Å²) in [7, 11) is 1.46. The predicted octanol–water partition coefficient (Wildman–Crippen LogP) is 1.77. The number of urea groups is 1. The van der Waals surface area contributed by atoms with Crippen LogP contribution in [0.2, 0.25) is 0 Å². The molecule has 0 radical (unpaired) electrons. The van der Waals surface area contributed by atoms with Crippen molar-refractivity contribution in [3.63, 3.8) is 0 Å². The lowest BCUT2D eigenvalue weighted by Crippen LogP contribution is -2.52. The van der Waals surface area contributed by atoms with E-state index >= 15 is 0 Å². The van der Waals surface area contributed by atoms with Gasteiger partial charge in [-0.3, -0.25) is 20.4 Å². The lowest BCUT2D eigenvalue weighted by Gasteiger charge is -2.14. The molecule has 0 aromatic heterocycles. The van der Waals surface area contributed by atoms with Gasteiger partial charge in [0.15, 0.2) is 11.5 Å². The van der Waals surface area contributed by atoms with Gasteiger partial charge in [-0.1, -0.05) is 18.2 Å². The Labute approximate surface area is 162 Å². The summed E-state index contributed by atoms with van der Waals surface area (Å²) < 4.78 is 10.8. The minimum absolute atomic E-state index is 0.0509. The van der Waals surface area contributed by atoms with Crippen LogP contribution in [0.25, 0.3) is 0 Å². The third-order valence-electron chi connectivity index (χ3n) is 3.40. The molecule has 2 aromatic rings. The highest BCUT2D eigenvalue weighted by molar-refractivity contribution is 5.97. The number of hydrogen-bond donors (Lipinski definition) is 4. The van der Waals surface area contributed by atoms with E-state index in [9.17, 15) is 14.4 Å². The molecule has 9 nitrogen and oxygen atoms in total. The fraction of sp³-hybridized carbons (Fsp3) is 0.211. The molecule has 0 aliphatic rings. The fourth-order valence-electron chi connectivity index (χ4n) is 2.15. The zero-order valence-electron chi connectivity index (χ0n) is 15.7. The number of hydrogen-bond acceptors (Lipinski definition) is 5. The van der Waals surface area contributed by atoms with Crippen LogP contribution in [0.15, 0.2) is 48.5 Å². The van der Waals surface area contributed by atoms with Crippen LogP contribution < -0.4 is 31.2 Å². The van der Waals surface area contributed by atoms with Gasteiger partial charge >= 0.3 is 6.03 Å². The van der Waals surface area contributed by atoms with Crippen molar-refractivity contribution in [2.24, 2.45) is 0 Å². The van der Waals surface area contributed by atoms with Gasteiger partial charge in [0.05, 0.1) is 13.2 Å². The topological polar surface area (TPSA) is 118 Å². The van der Waals surface area contributed by atoms with Crippen LogP contribution in [0.5, 0.6) is 11.5 Å². The number of rotatable bonds is 5. The zero-order valence-corrected chi connectivity index (χ0v) is 15.7. The van der Waals surface area contributed by atoms with Crippen molar-refractivity contribution in [2.75, 3.05) is 7.11 Å². The number of carbonyl (C=O) groups is 3. The van der Waals surface area contributed by atoms with Crippen molar-refractivity contribution in [3.8, 4) is 11.5 Å². The molecule has 2 aromatic carbocycles. The SMILES string of the molecule is COc1cc(C(=O)NNC(=O)NNC(=O)c2ccccc2)ccc1OC(C)C. The number of carbonyl (C=O) groups excluding carboxylic acids is 3. The van der Waals surface area contributed by atoms with Crippen molar-refractivity contribution in [3.05, 3.63) is 59.7 Å². The number of methoxy groups -OCH3 is 1. The second-order valence-corrected chi connectivity index (χ2v) is 5.89. The van der Waals surface area contributed by atoms with E-state index in [0.29, 0.717) is 17.1 Å². The molecule has 4 N–H and O–H groups in total. The van der Waals surface area contributed by atoms with Crippen LogP contribution in [0.4, 0.5) is 4.79 Å². The number of hydrazine groups is 2. The van der Waals surface area contributed by atoms with Gasteiger partial charge in [-0.2, -0.15) is 0 Å². The highest BCUT2D eigenvalue weighted by Gasteiger charge is 2.13. The van der Waals surface area contributed by atoms with Gasteiger partial charge < -0.3 is 9.47 Å². The largest absolute Gasteiger partial charge is 0.493 e. The van der Waals surface area contributed by atoms with Crippen LogP contribution in [0.3, 0.4) is 0 Å². The Balaban J connectivity index is 1.86. The first kappa shape index (κ1) is 20.6. The summed E-state index contributed by atoms with van der Waals surface area (Å²) >= 11 is 0. The van der Waals surface area contributed by atoms with E-state index < -0.39 is 17.8 Å². The van der Waals surface area contributed by atoms with E-state index in [2.05, 4.69) is 21.7 Å². The molecule has 9 heteroatoms. The lowest BCUT2D eigenvalue weighted by molar-refractivity contribution is 0.0928. The van der Waals surface area contributed by atoms with Gasteiger partial charge in [-0.05, 0) is 44.2 Å². The van der Waals surface area contributed by atoms with E-state index in [0.717, 1.165) is 0 Å². The second-order valence-electron chi connectivity index (χ2n) is 5.89. The summed E-state index contributed by atoms with van der Waals surface area (Å²) in [4.78, 5) is 35.7. The van der Waals surface area contributed by atoms with Crippen LogP contribution in [0, 0.1) is 0 Å². The summed E-state index contributed by atoms with van der Waals surface area (Å²) in [6, 6.07) is 12.2. The van der Waals surface area contributed by atoms with E-state index in [1.807, 2.05) is 13.8 Å². The van der Waals surface area contributed by atoms with Crippen LogP contribution in [-0.4, -0.2) is 31.1 Å². The molecule has 28 heavy (non-hydrogen) atoms. The molecule has 0 saturated heterocycles. The first-order valence-electron chi connectivity index (χ1n) is 8.47. The number of ether oxygens (including phenoxy) is 2. The standard InChI is InChI=1S/C19H22N4O5/c1-12(2)28-15-10-9-14(11-16(15)27-3)18(25)21-23-19(26)22-20-17(24)13-7-5-4-6-8-13/h4-12H,1-3H3,(H,20,24)(H,21,25)(H2,22,23,26). The molecule has 0 unspecified atom stereocenters. The van der Waals surface area contributed by atoms with E-state index in [-0.39, 0.29) is 11.7 Å². The Hall–Kier alpha value is -3.75. The van der Waals surface area contributed by atoms with Crippen LogP contribution in [0.1, 0.15) is 34.6 Å². The molecular formula is C19H22N4O5. The van der Waals surface area contributed by atoms with Crippen molar-refractivity contribution in [1.29, 1.82) is 0 Å². The minimum atomic E-state index is -0.815. The Morgan fingerprint density at radius 3 is 1.96 bits per heavy atom. The number of benzene rings is 2. The van der Waals surface area contributed by atoms with E-state index in [4.69, 9.17) is 9.47 Å². The fourth-order valence-corrected chi connectivity index (χ4v) is 2.15. The van der Waals surface area contributed by atoms with Gasteiger partial charge in [-0.15, -0.1) is 0 Å². The molecule has 0 heterocycles. The van der Waals surface area contributed by atoms with Crippen LogP contribution >= 0.6 is 0 Å². The maximum absolute atomic E-state index is 12.2. The Morgan fingerprint density at radius 2 is 1.39 bits per heavy atom. The first-order chi connectivity index (χ1) is 13.4. The molecule has 0 aliphatic carbocycles. The molecule has 0 saturated carbocycles. The molecule has 148 valence electrons. The highest BCUT2D eigenvalue weighted by Crippen LogP contribution is 2.28. The first-order valence-corrected chi connectivity index (χ1v) is 8.47. The normalized spacial score (nSPS) is 10.0. The third kappa shape index (κ3) is 5.90. The molecule has 0 fully saturated rings. The molecule has 0 spiro atoms. The lowest BCUT2D eigenvalue weighted by atomic mass is 10.2. The van der Waals surface area contributed by atoms with Crippen molar-refractivity contribution >= 4 is 17.8 Å². The van der Waals surface area contributed by atoms with Gasteiger partial charge in [-0.25, -0.2) is 15.6 Å². The van der Waals surface area contributed by atoms with Gasteiger partial charge in [0.2, 0.25) is 0 Å². The Kier molecular flexibility index (Phi) is 7.21. The smallest absolute Gasteiger partial charge is 0.352 e. The molecular weight excluding hydrogens is 364 g/mol. The Bertz CT molecular complexity index is 839. The van der Waals surface area contributed by atoms with E-state index in [1.54, 1.807) is 36.4 Å². The quantitative estimate of drug-likeness (QED) is 0.584. The summed E-state index contributed by atoms with van der Waals surface area (Å²) in [5.74, 6) is -0.171. The molecule has 4 amide bonds. The van der Waals surface area contributed by atoms with Crippen molar-refractivity contribution < 1.29 is 23.9 Å². The highest BCUT2D eigenvalue weighted by atomic mass is 16.5. The monoisotopic (exact) mass is 386 g/mol. The predicted molar refractivity (Wildman–Crippen MR) is 102 cm³/mol. The summed E-state index contributed by atoms with van der Waals surface area (Å²) in [6.45, 7) is 3.75. The average Bonchev–Trinajstić information content (AvgIpc) is 2.70. The Morgan fingerprint density at radius 1 is 0.786 bits per heavy atom. The maximum atomic E-state index is 12.2. The maximum Gasteiger partial charge on any atom is 0.352 e. The third-order valence-corrected chi connectivity index (χ3v) is 3.40. The summed E-state index contributed by atoms with van der Waals surface area (Å²) in [6.07, 6.45) is -0.0509. The van der Waals surface area contributed by atoms with Crippen molar-refractivity contribution in [2.45, 2.75) is 20.0 Å². The number of amides is 4. The average molecular weight is 386 g/mol. The van der Waals surface area contributed by atoms with Gasteiger partial charge in [0.25, 0.3) is 11.8 Å². The summed E-state index contributed by atoms with van der Waals surface area (Å²) in [5, 5.41) is 0. The molecule has 0 bridgehead atoms. The summed E-state index contributed by atoms with van der Waals surface area (Å²) in [5.41, 5.74) is 9.34. The molecule has 0 aliphatic heterocycles. The number of nitrogens with one attached hydrogen (secondary N) is 4. The molecule has 2 rings (SSSR count). The van der Waals surface area contributed by atoms with Crippen molar-refractivity contribution in [1.82, 2.24) is 21.7 Å². The van der Waals surface area contributed by atoms with Gasteiger partial charge in [0.1, 0.15) is 0 Å².